The van der Waals surface area contributed by atoms with E-state index in [-0.39, 0.29) is 6.42 Å². The van der Waals surface area contributed by atoms with Crippen LogP contribution < -0.4 is 5.32 Å². The highest BCUT2D eigenvalue weighted by molar-refractivity contribution is 5.75. The van der Waals surface area contributed by atoms with Crippen LogP contribution in [0.5, 0.6) is 0 Å². The van der Waals surface area contributed by atoms with Crippen molar-refractivity contribution in [1.29, 1.82) is 0 Å². The highest BCUT2D eigenvalue weighted by Crippen LogP contribution is 2.21. The summed E-state index contributed by atoms with van der Waals surface area (Å²) in [5.74, 6) is -1.42. The van der Waals surface area contributed by atoms with Gasteiger partial charge in [-0.3, -0.25) is 4.79 Å². The molecule has 1 aromatic carbocycles. The molecule has 2 N–H and O–H groups in total. The molecule has 0 saturated carbocycles. The Balaban J connectivity index is 2.26. The maximum atomic E-state index is 11.9. The van der Waals surface area contributed by atoms with Gasteiger partial charge in [-0.2, -0.15) is 13.2 Å². The fraction of sp³-hybridized carbons (Fsp3) is 0.533. The van der Waals surface area contributed by atoms with Crippen LogP contribution in [-0.4, -0.2) is 23.8 Å². The van der Waals surface area contributed by atoms with Crippen LogP contribution in [0.2, 0.25) is 0 Å². The summed E-state index contributed by atoms with van der Waals surface area (Å²) in [6.07, 6.45) is -4.20. The van der Waals surface area contributed by atoms with Crippen LogP contribution >= 0.6 is 0 Å². The van der Waals surface area contributed by atoms with Crippen LogP contribution in [0.25, 0.3) is 0 Å². The van der Waals surface area contributed by atoms with E-state index in [9.17, 15) is 18.0 Å². The Kier molecular flexibility index (Phi) is 6.68. The van der Waals surface area contributed by atoms with Gasteiger partial charge in [-0.1, -0.05) is 24.3 Å². The number of hydrogen-bond donors (Lipinski definition) is 2. The summed E-state index contributed by atoms with van der Waals surface area (Å²) >= 11 is 0. The predicted molar refractivity (Wildman–Crippen MR) is 74.1 cm³/mol. The van der Waals surface area contributed by atoms with Crippen molar-refractivity contribution < 1.29 is 23.1 Å². The molecule has 0 bridgehead atoms. The maximum absolute atomic E-state index is 11.9. The Bertz CT molecular complexity index is 443. The summed E-state index contributed by atoms with van der Waals surface area (Å²) < 4.78 is 35.8. The minimum absolute atomic E-state index is 0.131. The number of nitrogens with one attached hydrogen (secondary N) is 1. The largest absolute Gasteiger partial charge is 0.481 e. The van der Waals surface area contributed by atoms with E-state index in [1.807, 2.05) is 12.1 Å². The lowest BCUT2D eigenvalue weighted by atomic mass is 10.00. The first kappa shape index (κ1) is 17.5. The molecule has 118 valence electrons. The van der Waals surface area contributed by atoms with Gasteiger partial charge in [0.25, 0.3) is 0 Å². The van der Waals surface area contributed by atoms with Gasteiger partial charge in [-0.15, -0.1) is 0 Å². The Hall–Kier alpha value is -1.56. The van der Waals surface area contributed by atoms with Crippen LogP contribution in [0.3, 0.4) is 0 Å². The molecule has 0 aliphatic carbocycles. The van der Waals surface area contributed by atoms with Gasteiger partial charge in [-0.25, -0.2) is 0 Å². The van der Waals surface area contributed by atoms with Crippen molar-refractivity contribution in [3.05, 3.63) is 35.4 Å². The number of halogens is 3. The van der Waals surface area contributed by atoms with Crippen LogP contribution in [-0.2, 0) is 11.3 Å². The normalized spacial score (nSPS) is 13.1. The summed E-state index contributed by atoms with van der Waals surface area (Å²) in [7, 11) is 0. The van der Waals surface area contributed by atoms with Crippen LogP contribution in [0.15, 0.2) is 24.3 Å². The molecule has 0 heterocycles. The van der Waals surface area contributed by atoms with E-state index >= 15 is 0 Å². The number of carboxylic acids is 1. The first-order valence-corrected chi connectivity index (χ1v) is 6.88. The van der Waals surface area contributed by atoms with E-state index < -0.39 is 24.5 Å². The molecule has 0 radical (unpaired) electrons. The van der Waals surface area contributed by atoms with Gasteiger partial charge in [0.15, 0.2) is 0 Å². The topological polar surface area (TPSA) is 49.3 Å². The number of carboxylic acid groups (broad SMARTS) is 1. The van der Waals surface area contributed by atoms with Crippen molar-refractivity contribution >= 4 is 5.97 Å². The zero-order valence-corrected chi connectivity index (χ0v) is 11.9. The van der Waals surface area contributed by atoms with Gasteiger partial charge in [0.05, 0.1) is 5.92 Å². The van der Waals surface area contributed by atoms with Gasteiger partial charge in [0, 0.05) is 13.0 Å². The Morgan fingerprint density at radius 2 is 1.86 bits per heavy atom. The van der Waals surface area contributed by atoms with E-state index in [4.69, 9.17) is 5.11 Å². The molecule has 0 aromatic heterocycles. The number of carbonyl (C=O) groups is 1. The second kappa shape index (κ2) is 8.02. The lowest BCUT2D eigenvalue weighted by Crippen LogP contribution is -2.16. The molecule has 1 atom stereocenters. The third-order valence-corrected chi connectivity index (χ3v) is 3.24. The third kappa shape index (κ3) is 7.13. The molecule has 21 heavy (non-hydrogen) atoms. The number of aliphatic carboxylic acids is 1. The van der Waals surface area contributed by atoms with Gasteiger partial charge < -0.3 is 10.4 Å². The first-order chi connectivity index (χ1) is 9.79. The van der Waals surface area contributed by atoms with E-state index in [0.717, 1.165) is 11.1 Å². The molecule has 1 rings (SSSR count). The summed E-state index contributed by atoms with van der Waals surface area (Å²) in [5.41, 5.74) is 1.71. The molecule has 0 aliphatic rings. The average Bonchev–Trinajstić information content (AvgIpc) is 2.41. The van der Waals surface area contributed by atoms with Gasteiger partial charge in [0.1, 0.15) is 0 Å². The van der Waals surface area contributed by atoms with Crippen molar-refractivity contribution in [3.8, 4) is 0 Å². The molecule has 1 unspecified atom stereocenters. The fourth-order valence-corrected chi connectivity index (χ4v) is 1.87. The van der Waals surface area contributed by atoms with E-state index in [2.05, 4.69) is 5.32 Å². The monoisotopic (exact) mass is 303 g/mol. The van der Waals surface area contributed by atoms with Gasteiger partial charge in [-0.05, 0) is 37.4 Å². The standard InChI is InChI=1S/C15H20F3NO2/c1-11(14(20)21)13-6-4-12(5-7-13)10-19-9-3-2-8-15(16,17)18/h4-7,11,19H,2-3,8-10H2,1H3,(H,20,21). The smallest absolute Gasteiger partial charge is 0.389 e. The lowest BCUT2D eigenvalue weighted by molar-refractivity contribution is -0.138. The van der Waals surface area contributed by atoms with Gasteiger partial charge >= 0.3 is 12.1 Å². The van der Waals surface area contributed by atoms with Crippen molar-refractivity contribution in [3.63, 3.8) is 0 Å². The molecule has 1 aromatic rings. The van der Waals surface area contributed by atoms with E-state index in [1.54, 1.807) is 19.1 Å². The molecule has 0 aliphatic heterocycles. The van der Waals surface area contributed by atoms with Crippen molar-refractivity contribution in [1.82, 2.24) is 5.32 Å². The van der Waals surface area contributed by atoms with Crippen LogP contribution in [0.1, 0.15) is 43.2 Å². The second-order valence-corrected chi connectivity index (χ2v) is 5.05. The van der Waals surface area contributed by atoms with Gasteiger partial charge in [0.2, 0.25) is 0 Å². The summed E-state index contributed by atoms with van der Waals surface area (Å²) in [4.78, 5) is 10.8. The Morgan fingerprint density at radius 3 is 2.38 bits per heavy atom. The molecule has 3 nitrogen and oxygen atoms in total. The Morgan fingerprint density at radius 1 is 1.24 bits per heavy atom. The van der Waals surface area contributed by atoms with Crippen molar-refractivity contribution in [2.75, 3.05) is 6.54 Å². The number of hydrogen-bond acceptors (Lipinski definition) is 2. The van der Waals surface area contributed by atoms with Crippen LogP contribution in [0, 0.1) is 0 Å². The molecule has 0 fully saturated rings. The summed E-state index contributed by atoms with van der Waals surface area (Å²) in [5, 5.41) is 12.0. The fourth-order valence-electron chi connectivity index (χ4n) is 1.87. The zero-order chi connectivity index (χ0) is 15.9. The second-order valence-electron chi connectivity index (χ2n) is 5.05. The van der Waals surface area contributed by atoms with Crippen molar-refractivity contribution in [2.45, 2.75) is 44.8 Å². The molecule has 0 amide bonds. The third-order valence-electron chi connectivity index (χ3n) is 3.24. The van der Waals surface area contributed by atoms with E-state index in [0.29, 0.717) is 19.5 Å². The number of unbranched alkanes of at least 4 members (excludes halogenated alkanes) is 1. The first-order valence-electron chi connectivity index (χ1n) is 6.88. The summed E-state index contributed by atoms with van der Waals surface area (Å²) in [6.45, 7) is 2.72. The SMILES string of the molecule is CC(C(=O)O)c1ccc(CNCCCCC(F)(F)F)cc1. The number of rotatable bonds is 8. The van der Waals surface area contributed by atoms with Crippen molar-refractivity contribution in [2.24, 2.45) is 0 Å². The zero-order valence-electron chi connectivity index (χ0n) is 11.9. The minimum Gasteiger partial charge on any atom is -0.481 e. The summed E-state index contributed by atoms with van der Waals surface area (Å²) in [6, 6.07) is 7.19. The number of benzene rings is 1. The molecule has 0 saturated heterocycles. The molecule has 6 heteroatoms. The maximum Gasteiger partial charge on any atom is 0.389 e. The quantitative estimate of drug-likeness (QED) is 0.720. The molecular weight excluding hydrogens is 283 g/mol. The predicted octanol–water partition coefficient (Wildman–Crippen LogP) is 3.70. The number of alkyl halides is 3. The highest BCUT2D eigenvalue weighted by atomic mass is 19.4. The lowest BCUT2D eigenvalue weighted by Gasteiger charge is -2.09. The molecule has 0 spiro atoms. The Labute approximate surface area is 122 Å². The van der Waals surface area contributed by atoms with E-state index in [1.165, 1.54) is 0 Å². The minimum atomic E-state index is -4.07. The molecular formula is C15H20F3NO2. The van der Waals surface area contributed by atoms with Crippen LogP contribution in [0.4, 0.5) is 13.2 Å². The highest BCUT2D eigenvalue weighted by Gasteiger charge is 2.25. The average molecular weight is 303 g/mol.